The number of hydrogen-bond acceptors (Lipinski definition) is 6. The Hall–Kier alpha value is -2.67. The number of aromatic nitrogens is 4. The molecule has 0 amide bonds. The van der Waals surface area contributed by atoms with Crippen LogP contribution in [0.25, 0.3) is 10.9 Å². The molecular weight excluding hydrogens is 302 g/mol. The Labute approximate surface area is 139 Å². The second kappa shape index (κ2) is 5.17. The lowest BCUT2D eigenvalue weighted by molar-refractivity contribution is 0.240. The van der Waals surface area contributed by atoms with Gasteiger partial charge in [-0.15, -0.1) is 0 Å². The number of fused-ring (bicyclic) bond motifs is 1. The van der Waals surface area contributed by atoms with E-state index in [9.17, 15) is 0 Å². The highest BCUT2D eigenvalue weighted by Crippen LogP contribution is 2.37. The van der Waals surface area contributed by atoms with Gasteiger partial charge in [0.25, 0.3) is 0 Å². The molecule has 3 N–H and O–H groups in total. The van der Waals surface area contributed by atoms with Gasteiger partial charge in [0.05, 0.1) is 11.7 Å². The van der Waals surface area contributed by atoms with Gasteiger partial charge in [-0.2, -0.15) is 10.1 Å². The Morgan fingerprint density at radius 3 is 3.04 bits per heavy atom. The maximum atomic E-state index is 4.67. The molecule has 0 aliphatic carbocycles. The first-order valence-corrected chi connectivity index (χ1v) is 8.29. The van der Waals surface area contributed by atoms with Crippen LogP contribution in [-0.2, 0) is 0 Å². The highest BCUT2D eigenvalue weighted by Gasteiger charge is 2.45. The first-order chi connectivity index (χ1) is 11.8. The van der Waals surface area contributed by atoms with Crippen LogP contribution in [0.2, 0.25) is 0 Å². The molecular formula is C17H19N7. The largest absolute Gasteiger partial charge is 0.340 e. The molecule has 1 aromatic carbocycles. The summed E-state index contributed by atoms with van der Waals surface area (Å²) in [6, 6.07) is 7.99. The quantitative estimate of drug-likeness (QED) is 0.683. The van der Waals surface area contributed by atoms with Crippen LogP contribution in [0.5, 0.6) is 0 Å². The van der Waals surface area contributed by atoms with Crippen LogP contribution in [0.1, 0.15) is 6.42 Å². The lowest BCUT2D eigenvalue weighted by Gasteiger charge is -2.47. The highest BCUT2D eigenvalue weighted by atomic mass is 15.3. The summed E-state index contributed by atoms with van der Waals surface area (Å²) < 4.78 is 0. The number of rotatable bonds is 3. The molecule has 24 heavy (non-hydrogen) atoms. The van der Waals surface area contributed by atoms with Crippen molar-refractivity contribution in [2.75, 3.05) is 36.4 Å². The minimum atomic E-state index is 0.444. The van der Waals surface area contributed by atoms with E-state index in [1.54, 1.807) is 0 Å². The summed E-state index contributed by atoms with van der Waals surface area (Å²) in [6.07, 6.45) is 4.90. The molecule has 0 bridgehead atoms. The van der Waals surface area contributed by atoms with Gasteiger partial charge in [-0.25, -0.2) is 4.98 Å². The molecule has 3 aromatic rings. The van der Waals surface area contributed by atoms with E-state index in [1.165, 1.54) is 6.42 Å². The smallest absolute Gasteiger partial charge is 0.227 e. The van der Waals surface area contributed by atoms with Crippen molar-refractivity contribution in [3.8, 4) is 0 Å². The Kier molecular flexibility index (Phi) is 2.96. The minimum Gasteiger partial charge on any atom is -0.340 e. The van der Waals surface area contributed by atoms with E-state index in [0.717, 1.165) is 54.5 Å². The predicted octanol–water partition coefficient (Wildman–Crippen LogP) is 1.90. The molecule has 0 radical (unpaired) electrons. The third kappa shape index (κ3) is 2.28. The number of aromatic amines is 1. The Balaban J connectivity index is 1.33. The van der Waals surface area contributed by atoms with Gasteiger partial charge in [0.15, 0.2) is 0 Å². The Bertz CT molecular complexity index is 873. The second-order valence-electron chi connectivity index (χ2n) is 6.82. The van der Waals surface area contributed by atoms with E-state index in [4.69, 9.17) is 0 Å². The van der Waals surface area contributed by atoms with Gasteiger partial charge in [0, 0.05) is 42.3 Å². The monoisotopic (exact) mass is 321 g/mol. The molecule has 2 aliphatic heterocycles. The first-order valence-electron chi connectivity index (χ1n) is 8.29. The average molecular weight is 321 g/mol. The van der Waals surface area contributed by atoms with Crippen molar-refractivity contribution in [3.05, 3.63) is 36.7 Å². The normalized spacial score (nSPS) is 18.9. The molecule has 2 aromatic heterocycles. The van der Waals surface area contributed by atoms with Gasteiger partial charge in [0.2, 0.25) is 5.95 Å². The molecule has 7 heteroatoms. The topological polar surface area (TPSA) is 81.8 Å². The van der Waals surface area contributed by atoms with Crippen LogP contribution in [0.3, 0.4) is 0 Å². The zero-order valence-electron chi connectivity index (χ0n) is 13.3. The fraction of sp³-hybridized carbons (Fsp3) is 0.353. The molecule has 5 rings (SSSR count). The molecule has 2 fully saturated rings. The van der Waals surface area contributed by atoms with Crippen LogP contribution in [0.15, 0.2) is 36.7 Å². The summed E-state index contributed by atoms with van der Waals surface area (Å²) >= 11 is 0. The predicted molar refractivity (Wildman–Crippen MR) is 93.5 cm³/mol. The van der Waals surface area contributed by atoms with Gasteiger partial charge < -0.3 is 15.5 Å². The highest BCUT2D eigenvalue weighted by molar-refractivity contribution is 5.82. The molecule has 122 valence electrons. The summed E-state index contributed by atoms with van der Waals surface area (Å²) in [4.78, 5) is 11.4. The minimum absolute atomic E-state index is 0.444. The van der Waals surface area contributed by atoms with Crippen LogP contribution >= 0.6 is 0 Å². The van der Waals surface area contributed by atoms with E-state index in [1.807, 2.05) is 30.6 Å². The molecule has 2 aliphatic rings. The molecule has 1 spiro atoms. The van der Waals surface area contributed by atoms with Gasteiger partial charge in [-0.3, -0.25) is 5.10 Å². The number of benzene rings is 1. The van der Waals surface area contributed by atoms with Crippen molar-refractivity contribution in [1.82, 2.24) is 25.5 Å². The summed E-state index contributed by atoms with van der Waals surface area (Å²) in [5.74, 6) is 1.62. The summed E-state index contributed by atoms with van der Waals surface area (Å²) in [6.45, 7) is 4.34. The van der Waals surface area contributed by atoms with E-state index in [0.29, 0.717) is 5.41 Å². The fourth-order valence-electron chi connectivity index (χ4n) is 3.71. The van der Waals surface area contributed by atoms with E-state index >= 15 is 0 Å². The summed E-state index contributed by atoms with van der Waals surface area (Å²) in [5, 5.41) is 14.9. The maximum Gasteiger partial charge on any atom is 0.227 e. The first kappa shape index (κ1) is 13.7. The van der Waals surface area contributed by atoms with Crippen molar-refractivity contribution < 1.29 is 0 Å². The second-order valence-corrected chi connectivity index (χ2v) is 6.82. The summed E-state index contributed by atoms with van der Waals surface area (Å²) in [5.41, 5.74) is 2.47. The summed E-state index contributed by atoms with van der Waals surface area (Å²) in [7, 11) is 0. The number of H-pyrrole nitrogens is 1. The van der Waals surface area contributed by atoms with Crippen LogP contribution in [0.4, 0.5) is 17.5 Å². The zero-order valence-corrected chi connectivity index (χ0v) is 13.3. The molecule has 2 saturated heterocycles. The maximum absolute atomic E-state index is 4.67. The van der Waals surface area contributed by atoms with E-state index in [2.05, 4.69) is 41.8 Å². The van der Waals surface area contributed by atoms with Gasteiger partial charge in [-0.05, 0) is 37.2 Å². The van der Waals surface area contributed by atoms with Crippen molar-refractivity contribution in [2.45, 2.75) is 6.42 Å². The molecule has 7 nitrogen and oxygen atoms in total. The average Bonchev–Trinajstić information content (AvgIpc) is 3.22. The van der Waals surface area contributed by atoms with Crippen LogP contribution in [0, 0.1) is 5.41 Å². The van der Waals surface area contributed by atoms with Crippen LogP contribution in [-0.4, -0.2) is 46.3 Å². The fourth-order valence-corrected chi connectivity index (χ4v) is 3.71. The number of nitrogens with one attached hydrogen (secondary N) is 3. The Morgan fingerprint density at radius 2 is 2.17 bits per heavy atom. The van der Waals surface area contributed by atoms with Gasteiger partial charge in [0.1, 0.15) is 5.82 Å². The van der Waals surface area contributed by atoms with E-state index in [-0.39, 0.29) is 0 Å². The number of nitrogens with zero attached hydrogens (tertiary/aromatic N) is 4. The number of hydrogen-bond donors (Lipinski definition) is 3. The van der Waals surface area contributed by atoms with Crippen molar-refractivity contribution >= 4 is 28.4 Å². The Morgan fingerprint density at radius 1 is 1.21 bits per heavy atom. The van der Waals surface area contributed by atoms with Crippen molar-refractivity contribution in [2.24, 2.45) is 5.41 Å². The molecule has 0 unspecified atom stereocenters. The van der Waals surface area contributed by atoms with E-state index < -0.39 is 0 Å². The zero-order chi connectivity index (χ0) is 16.0. The van der Waals surface area contributed by atoms with Crippen molar-refractivity contribution in [1.29, 1.82) is 0 Å². The lowest BCUT2D eigenvalue weighted by atomic mass is 9.79. The third-order valence-electron chi connectivity index (χ3n) is 5.02. The van der Waals surface area contributed by atoms with Crippen LogP contribution < -0.4 is 15.5 Å². The lowest BCUT2D eigenvalue weighted by Crippen LogP contribution is -2.58. The van der Waals surface area contributed by atoms with Gasteiger partial charge >= 0.3 is 0 Å². The molecule has 0 atom stereocenters. The standard InChI is InChI=1S/C17H19N7/c1-2-14-12(8-20-23-14)7-13(1)21-15-3-5-19-16(22-15)24-10-17(11-24)4-6-18-9-17/h1-3,5,7-8,18H,4,6,9-11H2,(H,20,23)(H,19,21,22). The molecule has 4 heterocycles. The molecule has 0 saturated carbocycles. The third-order valence-corrected chi connectivity index (χ3v) is 5.02. The number of anilines is 3. The van der Waals surface area contributed by atoms with Crippen molar-refractivity contribution in [3.63, 3.8) is 0 Å². The SMILES string of the molecule is c1cc(Nc2ccc3[nH]ncc3c2)nc(N2CC3(CCNC3)C2)n1. The van der Waals surface area contributed by atoms with Gasteiger partial charge in [-0.1, -0.05) is 0 Å².